The number of anilines is 1. The number of sulfonamides is 1. The van der Waals surface area contributed by atoms with Gasteiger partial charge in [0.2, 0.25) is 10.0 Å². The molecule has 0 aromatic heterocycles. The summed E-state index contributed by atoms with van der Waals surface area (Å²) in [4.78, 5) is 0.323. The molecule has 5 nitrogen and oxygen atoms in total. The Morgan fingerprint density at radius 1 is 1.03 bits per heavy atom. The molecule has 0 saturated carbocycles. The molecule has 3 aromatic rings. The van der Waals surface area contributed by atoms with Gasteiger partial charge in [0.1, 0.15) is 0 Å². The first-order valence-corrected chi connectivity index (χ1v) is 13.2. The number of nitrogens with one attached hydrogen (secondary N) is 2. The summed E-state index contributed by atoms with van der Waals surface area (Å²) in [6.07, 6.45) is 7.32. The second-order valence-corrected chi connectivity index (χ2v) is 11.1. The van der Waals surface area contributed by atoms with Gasteiger partial charge in [-0.2, -0.15) is 0 Å². The summed E-state index contributed by atoms with van der Waals surface area (Å²) in [7, 11) is -3.58. The Morgan fingerprint density at radius 2 is 1.91 bits per heavy atom. The van der Waals surface area contributed by atoms with Crippen LogP contribution in [0.15, 0.2) is 77.7 Å². The fourth-order valence-corrected chi connectivity index (χ4v) is 6.66. The predicted molar refractivity (Wildman–Crippen MR) is 131 cm³/mol. The average Bonchev–Trinajstić information content (AvgIpc) is 3.54. The highest BCUT2D eigenvalue weighted by Crippen LogP contribution is 2.50. The van der Waals surface area contributed by atoms with Crippen LogP contribution >= 0.6 is 0 Å². The quantitative estimate of drug-likeness (QED) is 0.519. The van der Waals surface area contributed by atoms with Crippen LogP contribution in [0.3, 0.4) is 0 Å². The van der Waals surface area contributed by atoms with Crippen LogP contribution in [0.5, 0.6) is 0 Å². The number of benzene rings is 3. The van der Waals surface area contributed by atoms with Gasteiger partial charge >= 0.3 is 0 Å². The molecule has 1 saturated heterocycles. The molecule has 3 aromatic carbocycles. The van der Waals surface area contributed by atoms with Gasteiger partial charge in [-0.1, -0.05) is 48.6 Å². The Hall–Kier alpha value is -2.67. The van der Waals surface area contributed by atoms with E-state index in [2.05, 4.69) is 64.7 Å². The van der Waals surface area contributed by atoms with Gasteiger partial charge in [-0.05, 0) is 71.3 Å². The molecule has 170 valence electrons. The topological polar surface area (TPSA) is 67.4 Å². The van der Waals surface area contributed by atoms with Gasteiger partial charge in [0.05, 0.1) is 17.0 Å². The van der Waals surface area contributed by atoms with Gasteiger partial charge in [0, 0.05) is 24.8 Å². The Morgan fingerprint density at radius 3 is 2.76 bits per heavy atom. The number of ether oxygens (including phenoxy) is 1. The highest BCUT2D eigenvalue weighted by Gasteiger charge is 2.38. The SMILES string of the molecule is O=S(=O)(NCC1CCCO1)c1ccc2c(c1)C1C=CCC1C(c1ccc3ccccc3c1)N2. The van der Waals surface area contributed by atoms with E-state index in [1.54, 1.807) is 6.07 Å². The smallest absolute Gasteiger partial charge is 0.240 e. The van der Waals surface area contributed by atoms with Gasteiger partial charge in [-0.3, -0.25) is 0 Å². The Labute approximate surface area is 194 Å². The molecule has 0 spiro atoms. The molecule has 1 fully saturated rings. The van der Waals surface area contributed by atoms with Crippen molar-refractivity contribution in [2.24, 2.45) is 5.92 Å². The molecule has 0 radical (unpaired) electrons. The fraction of sp³-hybridized carbons (Fsp3) is 0.333. The third-order valence-electron chi connectivity index (χ3n) is 7.30. The van der Waals surface area contributed by atoms with Crippen LogP contribution in [0.25, 0.3) is 10.8 Å². The summed E-state index contributed by atoms with van der Waals surface area (Å²) in [6.45, 7) is 1.04. The lowest BCUT2D eigenvalue weighted by Crippen LogP contribution is -2.32. The maximum atomic E-state index is 13.0. The lowest BCUT2D eigenvalue weighted by atomic mass is 9.77. The Kier molecular flexibility index (Phi) is 5.24. The predicted octanol–water partition coefficient (Wildman–Crippen LogP) is 5.12. The van der Waals surface area contributed by atoms with E-state index >= 15 is 0 Å². The monoisotopic (exact) mass is 460 g/mol. The van der Waals surface area contributed by atoms with Gasteiger partial charge < -0.3 is 10.1 Å². The van der Waals surface area contributed by atoms with Crippen molar-refractivity contribution in [2.75, 3.05) is 18.5 Å². The van der Waals surface area contributed by atoms with Crippen LogP contribution in [0, 0.1) is 5.92 Å². The van der Waals surface area contributed by atoms with E-state index in [1.807, 2.05) is 12.1 Å². The molecule has 33 heavy (non-hydrogen) atoms. The van der Waals surface area contributed by atoms with Crippen molar-refractivity contribution in [3.05, 3.63) is 83.9 Å². The van der Waals surface area contributed by atoms with Crippen LogP contribution in [-0.4, -0.2) is 27.7 Å². The molecule has 2 N–H and O–H groups in total. The lowest BCUT2D eigenvalue weighted by Gasteiger charge is -2.38. The molecular formula is C27H28N2O3S. The normalized spacial score (nSPS) is 26.2. The Bertz CT molecular complexity index is 1330. The molecule has 0 bridgehead atoms. The molecule has 0 amide bonds. The zero-order valence-corrected chi connectivity index (χ0v) is 19.2. The van der Waals surface area contributed by atoms with Crippen molar-refractivity contribution in [3.8, 4) is 0 Å². The highest BCUT2D eigenvalue weighted by atomic mass is 32.2. The standard InChI is InChI=1S/C27H28N2O3S/c30-33(31,28-17-21-7-4-14-32-21)22-12-13-26-25(16-22)23-8-3-9-24(23)27(29-26)20-11-10-18-5-1-2-6-19(18)15-20/h1-3,5-6,8,10-13,15-16,21,23-24,27-29H,4,7,9,14,17H2. The zero-order valence-electron chi connectivity index (χ0n) is 18.4. The van der Waals surface area contributed by atoms with Gasteiger partial charge in [-0.15, -0.1) is 0 Å². The van der Waals surface area contributed by atoms with Crippen molar-refractivity contribution in [3.63, 3.8) is 0 Å². The highest BCUT2D eigenvalue weighted by molar-refractivity contribution is 7.89. The second kappa shape index (κ2) is 8.28. The summed E-state index contributed by atoms with van der Waals surface area (Å²) in [6, 6.07) is 20.8. The summed E-state index contributed by atoms with van der Waals surface area (Å²) < 4.78 is 34.3. The third kappa shape index (κ3) is 3.86. The maximum absolute atomic E-state index is 13.0. The number of hydrogen-bond acceptors (Lipinski definition) is 4. The van der Waals surface area contributed by atoms with E-state index in [4.69, 9.17) is 4.74 Å². The molecular weight excluding hydrogens is 432 g/mol. The summed E-state index contributed by atoms with van der Waals surface area (Å²) >= 11 is 0. The zero-order chi connectivity index (χ0) is 22.4. The van der Waals surface area contributed by atoms with E-state index in [1.165, 1.54) is 16.3 Å². The van der Waals surface area contributed by atoms with Crippen molar-refractivity contribution in [1.29, 1.82) is 0 Å². The van der Waals surface area contributed by atoms with E-state index in [0.29, 0.717) is 24.0 Å². The first-order valence-electron chi connectivity index (χ1n) is 11.8. The molecule has 4 unspecified atom stereocenters. The summed E-state index contributed by atoms with van der Waals surface area (Å²) in [5, 5.41) is 6.21. The molecule has 2 aliphatic heterocycles. The number of fused-ring (bicyclic) bond motifs is 4. The van der Waals surface area contributed by atoms with E-state index in [0.717, 1.165) is 30.5 Å². The first-order chi connectivity index (χ1) is 16.1. The summed E-state index contributed by atoms with van der Waals surface area (Å²) in [5.41, 5.74) is 3.35. The van der Waals surface area contributed by atoms with Gasteiger partial charge in [0.15, 0.2) is 0 Å². The van der Waals surface area contributed by atoms with Crippen LogP contribution in [0.2, 0.25) is 0 Å². The molecule has 2 heterocycles. The largest absolute Gasteiger partial charge is 0.378 e. The maximum Gasteiger partial charge on any atom is 0.240 e. The summed E-state index contributed by atoms with van der Waals surface area (Å²) in [5.74, 6) is 0.558. The minimum Gasteiger partial charge on any atom is -0.378 e. The molecule has 1 aliphatic carbocycles. The van der Waals surface area contributed by atoms with Crippen LogP contribution in [0.4, 0.5) is 5.69 Å². The van der Waals surface area contributed by atoms with Crippen LogP contribution in [0.1, 0.15) is 42.3 Å². The second-order valence-electron chi connectivity index (χ2n) is 9.32. The van der Waals surface area contributed by atoms with E-state index in [9.17, 15) is 8.42 Å². The van der Waals surface area contributed by atoms with Crippen molar-refractivity contribution in [2.45, 2.75) is 42.2 Å². The van der Waals surface area contributed by atoms with Crippen molar-refractivity contribution >= 4 is 26.5 Å². The first kappa shape index (κ1) is 20.9. The fourth-order valence-electron chi connectivity index (χ4n) is 5.56. The number of rotatable bonds is 5. The number of hydrogen-bond donors (Lipinski definition) is 2. The Balaban J connectivity index is 1.30. The molecule has 6 heteroatoms. The lowest BCUT2D eigenvalue weighted by molar-refractivity contribution is 0.114. The van der Waals surface area contributed by atoms with Crippen LogP contribution in [-0.2, 0) is 14.8 Å². The van der Waals surface area contributed by atoms with E-state index < -0.39 is 10.0 Å². The molecule has 3 aliphatic rings. The van der Waals surface area contributed by atoms with Crippen molar-refractivity contribution in [1.82, 2.24) is 4.72 Å². The van der Waals surface area contributed by atoms with Crippen LogP contribution < -0.4 is 10.0 Å². The van der Waals surface area contributed by atoms with E-state index in [-0.39, 0.29) is 18.1 Å². The molecule has 6 rings (SSSR count). The minimum atomic E-state index is -3.58. The number of allylic oxidation sites excluding steroid dienone is 2. The molecule has 4 atom stereocenters. The average molecular weight is 461 g/mol. The third-order valence-corrected chi connectivity index (χ3v) is 8.72. The van der Waals surface area contributed by atoms with Gasteiger partial charge in [0.25, 0.3) is 0 Å². The minimum absolute atomic E-state index is 0.0241. The van der Waals surface area contributed by atoms with Gasteiger partial charge in [-0.25, -0.2) is 13.1 Å². The van der Waals surface area contributed by atoms with Crippen molar-refractivity contribution < 1.29 is 13.2 Å².